The van der Waals surface area contributed by atoms with Crippen molar-refractivity contribution in [3.63, 3.8) is 0 Å². The monoisotopic (exact) mass is 248 g/mol. The third-order valence-corrected chi connectivity index (χ3v) is 4.73. The Morgan fingerprint density at radius 3 is 2.89 bits per heavy atom. The van der Waals surface area contributed by atoms with Crippen LogP contribution in [-0.2, 0) is 0 Å². The van der Waals surface area contributed by atoms with Gasteiger partial charge in [-0.25, -0.2) is 4.39 Å². The van der Waals surface area contributed by atoms with Crippen LogP contribution in [-0.4, -0.2) is 11.5 Å². The second-order valence-electron chi connectivity index (χ2n) is 5.81. The molecule has 2 nitrogen and oxygen atoms in total. The fourth-order valence-electron chi connectivity index (χ4n) is 4.04. The number of nitrogens with zero attached hydrogens (tertiary/aromatic N) is 1. The van der Waals surface area contributed by atoms with Crippen LogP contribution in [0, 0.1) is 23.6 Å². The average Bonchev–Trinajstić information content (AvgIpc) is 2.98. The molecule has 3 rings (SSSR count). The van der Waals surface area contributed by atoms with Crippen LogP contribution in [0.1, 0.15) is 44.2 Å². The number of fused-ring (bicyclic) bond motifs is 2. The third kappa shape index (κ3) is 2.16. The van der Waals surface area contributed by atoms with Gasteiger partial charge in [0.25, 0.3) is 0 Å². The molecule has 2 aliphatic rings. The molecule has 1 aromatic rings. The highest BCUT2D eigenvalue weighted by molar-refractivity contribution is 5.18. The maximum atomic E-state index is 13.4. The minimum Gasteiger partial charge on any atom is -0.310 e. The summed E-state index contributed by atoms with van der Waals surface area (Å²) in [5.41, 5.74) is 1.02. The molecule has 2 saturated carbocycles. The van der Waals surface area contributed by atoms with E-state index in [4.69, 9.17) is 0 Å². The highest BCUT2D eigenvalue weighted by atomic mass is 19.1. The van der Waals surface area contributed by atoms with Crippen molar-refractivity contribution in [3.05, 3.63) is 29.8 Å². The van der Waals surface area contributed by atoms with E-state index < -0.39 is 0 Å². The molecule has 1 N–H and O–H groups in total. The predicted molar refractivity (Wildman–Crippen MR) is 69.6 cm³/mol. The molecule has 2 aliphatic carbocycles. The Balaban J connectivity index is 1.84. The van der Waals surface area contributed by atoms with Crippen LogP contribution in [0.4, 0.5) is 4.39 Å². The number of hydrogen-bond donors (Lipinski definition) is 1. The van der Waals surface area contributed by atoms with Crippen molar-refractivity contribution in [2.24, 2.45) is 17.8 Å². The molecule has 1 heterocycles. The minimum atomic E-state index is -0.224. The Bertz CT molecular complexity index is 421. The van der Waals surface area contributed by atoms with E-state index in [9.17, 15) is 4.39 Å². The second-order valence-corrected chi connectivity index (χ2v) is 5.81. The summed E-state index contributed by atoms with van der Waals surface area (Å²) in [7, 11) is 0. The molecule has 98 valence electrons. The van der Waals surface area contributed by atoms with E-state index in [1.807, 2.05) is 6.20 Å². The van der Waals surface area contributed by atoms with Gasteiger partial charge in [-0.1, -0.05) is 13.3 Å². The van der Waals surface area contributed by atoms with Gasteiger partial charge in [0.15, 0.2) is 0 Å². The summed E-state index contributed by atoms with van der Waals surface area (Å²) < 4.78 is 13.4. The molecule has 18 heavy (non-hydrogen) atoms. The highest BCUT2D eigenvalue weighted by Gasteiger charge is 2.43. The van der Waals surface area contributed by atoms with Gasteiger partial charge < -0.3 is 5.32 Å². The number of pyridine rings is 1. The Kier molecular flexibility index (Phi) is 3.33. The third-order valence-electron chi connectivity index (χ3n) is 4.73. The lowest BCUT2D eigenvalue weighted by atomic mass is 9.81. The fraction of sp³-hybridized carbons (Fsp3) is 0.667. The maximum absolute atomic E-state index is 13.4. The lowest BCUT2D eigenvalue weighted by Gasteiger charge is -2.31. The number of hydrogen-bond acceptors (Lipinski definition) is 2. The summed E-state index contributed by atoms with van der Waals surface area (Å²) in [6.07, 6.45) is 8.56. The van der Waals surface area contributed by atoms with Crippen molar-refractivity contribution in [1.82, 2.24) is 10.3 Å². The summed E-state index contributed by atoms with van der Waals surface area (Å²) in [5.74, 6) is 2.20. The second kappa shape index (κ2) is 4.96. The average molecular weight is 248 g/mol. The molecule has 2 bridgehead atoms. The van der Waals surface area contributed by atoms with E-state index >= 15 is 0 Å². The van der Waals surface area contributed by atoms with Crippen LogP contribution in [0.2, 0.25) is 0 Å². The minimum absolute atomic E-state index is 0.224. The molecular weight excluding hydrogens is 227 g/mol. The van der Waals surface area contributed by atoms with Crippen molar-refractivity contribution < 1.29 is 4.39 Å². The molecule has 0 aliphatic heterocycles. The van der Waals surface area contributed by atoms with Crippen LogP contribution in [0.5, 0.6) is 0 Å². The molecule has 4 atom stereocenters. The lowest BCUT2D eigenvalue weighted by molar-refractivity contribution is 0.252. The first kappa shape index (κ1) is 12.1. The van der Waals surface area contributed by atoms with Gasteiger partial charge in [0.05, 0.1) is 6.20 Å². The van der Waals surface area contributed by atoms with E-state index in [0.717, 1.165) is 23.9 Å². The standard InChI is InChI=1S/C15H21FN2/c1-2-18-15(12-7-13(16)9-17-8-12)14-6-10-3-4-11(14)5-10/h7-11,14-15,18H,2-6H2,1H3. The fourth-order valence-corrected chi connectivity index (χ4v) is 4.04. The summed E-state index contributed by atoms with van der Waals surface area (Å²) in [6.45, 7) is 3.04. The lowest BCUT2D eigenvalue weighted by Crippen LogP contribution is -2.31. The van der Waals surface area contributed by atoms with Crippen molar-refractivity contribution >= 4 is 0 Å². The van der Waals surface area contributed by atoms with Gasteiger partial charge in [0.1, 0.15) is 5.82 Å². The molecule has 0 saturated heterocycles. The van der Waals surface area contributed by atoms with Gasteiger partial charge in [-0.15, -0.1) is 0 Å². The molecule has 2 fully saturated rings. The van der Waals surface area contributed by atoms with E-state index in [0.29, 0.717) is 5.92 Å². The summed E-state index contributed by atoms with van der Waals surface area (Å²) >= 11 is 0. The van der Waals surface area contributed by atoms with Crippen LogP contribution in [0.25, 0.3) is 0 Å². The molecule has 4 unspecified atom stereocenters. The summed E-state index contributed by atoms with van der Waals surface area (Å²) in [4.78, 5) is 4.01. The van der Waals surface area contributed by atoms with E-state index in [1.54, 1.807) is 6.07 Å². The Hall–Kier alpha value is -0.960. The first-order valence-electron chi connectivity index (χ1n) is 7.11. The first-order valence-corrected chi connectivity index (χ1v) is 7.11. The number of aromatic nitrogens is 1. The maximum Gasteiger partial charge on any atom is 0.141 e. The van der Waals surface area contributed by atoms with Crippen LogP contribution in [0.3, 0.4) is 0 Å². The molecular formula is C15H21FN2. The van der Waals surface area contributed by atoms with Crippen molar-refractivity contribution in [1.29, 1.82) is 0 Å². The number of nitrogens with one attached hydrogen (secondary N) is 1. The molecule has 3 heteroatoms. The molecule has 0 amide bonds. The predicted octanol–water partition coefficient (Wildman–Crippen LogP) is 3.31. The van der Waals surface area contributed by atoms with Crippen molar-refractivity contribution in [3.8, 4) is 0 Å². The van der Waals surface area contributed by atoms with E-state index in [2.05, 4.69) is 17.2 Å². The van der Waals surface area contributed by atoms with E-state index in [1.165, 1.54) is 31.9 Å². The van der Waals surface area contributed by atoms with Gasteiger partial charge in [0.2, 0.25) is 0 Å². The topological polar surface area (TPSA) is 24.9 Å². The number of rotatable bonds is 4. The summed E-state index contributed by atoms with van der Waals surface area (Å²) in [5, 5.41) is 3.55. The van der Waals surface area contributed by atoms with Crippen molar-refractivity contribution in [2.75, 3.05) is 6.54 Å². The summed E-state index contributed by atoms with van der Waals surface area (Å²) in [6, 6.07) is 1.93. The van der Waals surface area contributed by atoms with Crippen LogP contribution >= 0.6 is 0 Å². The van der Waals surface area contributed by atoms with Gasteiger partial charge in [0, 0.05) is 12.2 Å². The normalized spacial score (nSPS) is 31.8. The van der Waals surface area contributed by atoms with Crippen LogP contribution in [0.15, 0.2) is 18.5 Å². The smallest absolute Gasteiger partial charge is 0.141 e. The largest absolute Gasteiger partial charge is 0.310 e. The van der Waals surface area contributed by atoms with Crippen molar-refractivity contribution in [2.45, 2.75) is 38.6 Å². The van der Waals surface area contributed by atoms with Gasteiger partial charge in [-0.05, 0) is 55.2 Å². The molecule has 1 aromatic heterocycles. The van der Waals surface area contributed by atoms with Gasteiger partial charge in [-0.3, -0.25) is 4.98 Å². The SMILES string of the molecule is CCNC(c1cncc(F)c1)C1CC2CCC1C2. The van der Waals surface area contributed by atoms with Crippen LogP contribution < -0.4 is 5.32 Å². The van der Waals surface area contributed by atoms with Gasteiger partial charge >= 0.3 is 0 Å². The zero-order valence-corrected chi connectivity index (χ0v) is 10.9. The number of halogens is 1. The van der Waals surface area contributed by atoms with Gasteiger partial charge in [-0.2, -0.15) is 0 Å². The zero-order valence-electron chi connectivity index (χ0n) is 10.9. The molecule has 0 aromatic carbocycles. The molecule has 0 spiro atoms. The zero-order chi connectivity index (χ0) is 12.5. The highest BCUT2D eigenvalue weighted by Crippen LogP contribution is 2.52. The molecule has 0 radical (unpaired) electrons. The Labute approximate surface area is 108 Å². The quantitative estimate of drug-likeness (QED) is 0.884. The Morgan fingerprint density at radius 2 is 2.28 bits per heavy atom. The van der Waals surface area contributed by atoms with E-state index in [-0.39, 0.29) is 11.9 Å². The first-order chi connectivity index (χ1) is 8.78. The Morgan fingerprint density at radius 1 is 1.39 bits per heavy atom.